The van der Waals surface area contributed by atoms with Crippen LogP contribution in [0.1, 0.15) is 16.8 Å². The molecule has 0 bridgehead atoms. The van der Waals surface area contributed by atoms with Gasteiger partial charge in [0.25, 0.3) is 0 Å². The summed E-state index contributed by atoms with van der Waals surface area (Å²) < 4.78 is 0.842. The van der Waals surface area contributed by atoms with E-state index >= 15 is 0 Å². The third-order valence-electron chi connectivity index (χ3n) is 2.89. The number of nitrogens with zero attached hydrogens (tertiary/aromatic N) is 1. The molecule has 88 valence electrons. The van der Waals surface area contributed by atoms with Crippen molar-refractivity contribution >= 4 is 27.6 Å². The molecule has 0 N–H and O–H groups in total. The maximum Gasteiger partial charge on any atom is 0.237 e. The van der Waals surface area contributed by atoms with Crippen molar-refractivity contribution in [2.24, 2.45) is 5.92 Å². The van der Waals surface area contributed by atoms with Gasteiger partial charge in [0.1, 0.15) is 5.92 Å². The molecule has 1 aromatic carbocycles. The normalized spacial score (nSPS) is 19.5. The molecule has 0 radical (unpaired) electrons. The number of halogens is 1. The summed E-state index contributed by atoms with van der Waals surface area (Å²) >= 11 is 3.32. The van der Waals surface area contributed by atoms with E-state index in [1.165, 1.54) is 11.1 Å². The van der Waals surface area contributed by atoms with Crippen LogP contribution in [-0.2, 0) is 4.79 Å². The minimum Gasteiger partial charge on any atom is -0.319 e. The van der Waals surface area contributed by atoms with Crippen molar-refractivity contribution in [1.29, 1.82) is 0 Å². The van der Waals surface area contributed by atoms with Crippen LogP contribution in [0.5, 0.6) is 0 Å². The molecular formula is C13H12BrNO2. The Bertz CT molecular complexity index is 484. The SMILES string of the molecule is C=CN1CC[C@@H](C(=O)c2cccc(Br)c2)C1=O. The Morgan fingerprint density at radius 1 is 1.53 bits per heavy atom. The summed E-state index contributed by atoms with van der Waals surface area (Å²) in [6.07, 6.45) is 2.05. The maximum atomic E-state index is 12.2. The van der Waals surface area contributed by atoms with Crippen LogP contribution in [-0.4, -0.2) is 23.1 Å². The van der Waals surface area contributed by atoms with Crippen LogP contribution in [0.25, 0.3) is 0 Å². The quantitative estimate of drug-likeness (QED) is 0.635. The molecule has 1 saturated heterocycles. The summed E-state index contributed by atoms with van der Waals surface area (Å²) in [5.41, 5.74) is 0.573. The first-order valence-electron chi connectivity index (χ1n) is 5.36. The number of benzene rings is 1. The molecule has 1 aliphatic heterocycles. The molecule has 3 nitrogen and oxygen atoms in total. The first kappa shape index (κ1) is 12.0. The lowest BCUT2D eigenvalue weighted by atomic mass is 9.96. The number of amides is 1. The standard InChI is InChI=1S/C13H12BrNO2/c1-2-15-7-6-11(13(15)17)12(16)9-4-3-5-10(14)8-9/h2-5,8,11H,1,6-7H2/t11-/m0/s1. The summed E-state index contributed by atoms with van der Waals surface area (Å²) in [4.78, 5) is 25.5. The largest absolute Gasteiger partial charge is 0.319 e. The molecule has 0 aromatic heterocycles. The zero-order chi connectivity index (χ0) is 12.4. The zero-order valence-corrected chi connectivity index (χ0v) is 10.8. The fraction of sp³-hybridized carbons (Fsp3) is 0.231. The first-order chi connectivity index (χ1) is 8.13. The van der Waals surface area contributed by atoms with Crippen LogP contribution < -0.4 is 0 Å². The van der Waals surface area contributed by atoms with E-state index in [0.717, 1.165) is 4.47 Å². The highest BCUT2D eigenvalue weighted by atomic mass is 79.9. The summed E-state index contributed by atoms with van der Waals surface area (Å²) in [6, 6.07) is 7.12. The number of carbonyl (C=O) groups excluding carboxylic acids is 2. The number of likely N-dealkylation sites (tertiary alicyclic amines) is 1. The van der Waals surface area contributed by atoms with Crippen molar-refractivity contribution in [3.05, 3.63) is 47.1 Å². The van der Waals surface area contributed by atoms with Gasteiger partial charge in [-0.2, -0.15) is 0 Å². The average molecular weight is 294 g/mol. The molecule has 0 aliphatic carbocycles. The molecule has 1 heterocycles. The summed E-state index contributed by atoms with van der Waals surface area (Å²) in [7, 11) is 0. The number of hydrogen-bond donors (Lipinski definition) is 0. The summed E-state index contributed by atoms with van der Waals surface area (Å²) in [5.74, 6) is -0.812. The molecule has 1 atom stereocenters. The predicted octanol–water partition coefficient (Wildman–Crippen LogP) is 2.62. The Kier molecular flexibility index (Phi) is 3.43. The molecule has 0 saturated carbocycles. The van der Waals surface area contributed by atoms with Gasteiger partial charge in [0.2, 0.25) is 5.91 Å². The number of Topliss-reactive ketones (excluding diaryl/α,β-unsaturated/α-hetero) is 1. The topological polar surface area (TPSA) is 37.4 Å². The minimum atomic E-state index is -0.553. The lowest BCUT2D eigenvalue weighted by Gasteiger charge is -2.10. The van der Waals surface area contributed by atoms with Crippen molar-refractivity contribution < 1.29 is 9.59 Å². The van der Waals surface area contributed by atoms with Gasteiger partial charge in [-0.05, 0) is 24.8 Å². The van der Waals surface area contributed by atoms with Crippen LogP contribution in [0.4, 0.5) is 0 Å². The second kappa shape index (κ2) is 4.84. The van der Waals surface area contributed by atoms with Crippen LogP contribution in [0.2, 0.25) is 0 Å². The van der Waals surface area contributed by atoms with E-state index in [1.807, 2.05) is 6.07 Å². The zero-order valence-electron chi connectivity index (χ0n) is 9.23. The Balaban J connectivity index is 2.22. The molecule has 2 rings (SSSR count). The van der Waals surface area contributed by atoms with Crippen molar-refractivity contribution in [3.63, 3.8) is 0 Å². The highest BCUT2D eigenvalue weighted by Crippen LogP contribution is 2.23. The molecular weight excluding hydrogens is 282 g/mol. The smallest absolute Gasteiger partial charge is 0.237 e. The van der Waals surface area contributed by atoms with Crippen LogP contribution >= 0.6 is 15.9 Å². The molecule has 0 spiro atoms. The number of ketones is 1. The van der Waals surface area contributed by atoms with Gasteiger partial charge < -0.3 is 4.90 Å². The second-order valence-corrected chi connectivity index (χ2v) is 4.85. The highest BCUT2D eigenvalue weighted by molar-refractivity contribution is 9.10. The van der Waals surface area contributed by atoms with Crippen molar-refractivity contribution in [1.82, 2.24) is 4.90 Å². The highest BCUT2D eigenvalue weighted by Gasteiger charge is 2.35. The molecule has 0 unspecified atom stereocenters. The molecule has 17 heavy (non-hydrogen) atoms. The summed E-state index contributed by atoms with van der Waals surface area (Å²) in [6.45, 7) is 4.14. The van der Waals surface area contributed by atoms with Gasteiger partial charge in [-0.15, -0.1) is 0 Å². The Morgan fingerprint density at radius 2 is 2.29 bits per heavy atom. The van der Waals surface area contributed by atoms with Gasteiger partial charge in [-0.3, -0.25) is 9.59 Å². The molecule has 1 aliphatic rings. The third kappa shape index (κ3) is 2.31. The Labute approximate surface area is 108 Å². The first-order valence-corrected chi connectivity index (χ1v) is 6.15. The van der Waals surface area contributed by atoms with Gasteiger partial charge in [-0.1, -0.05) is 34.6 Å². The van der Waals surface area contributed by atoms with E-state index in [9.17, 15) is 9.59 Å². The van der Waals surface area contributed by atoms with E-state index in [-0.39, 0.29) is 11.7 Å². The van der Waals surface area contributed by atoms with Crippen molar-refractivity contribution in [3.8, 4) is 0 Å². The number of rotatable bonds is 3. The maximum absolute atomic E-state index is 12.2. The summed E-state index contributed by atoms with van der Waals surface area (Å²) in [5, 5.41) is 0. The van der Waals surface area contributed by atoms with E-state index in [2.05, 4.69) is 22.5 Å². The Hall–Kier alpha value is -1.42. The molecule has 4 heteroatoms. The van der Waals surface area contributed by atoms with E-state index < -0.39 is 5.92 Å². The number of carbonyl (C=O) groups is 2. The minimum absolute atomic E-state index is 0.111. The van der Waals surface area contributed by atoms with Crippen molar-refractivity contribution in [2.75, 3.05) is 6.54 Å². The fourth-order valence-electron chi connectivity index (χ4n) is 1.97. The van der Waals surface area contributed by atoms with Gasteiger partial charge in [0, 0.05) is 16.6 Å². The molecule has 1 fully saturated rings. The van der Waals surface area contributed by atoms with Crippen LogP contribution in [0.3, 0.4) is 0 Å². The second-order valence-electron chi connectivity index (χ2n) is 3.93. The lowest BCUT2D eigenvalue weighted by molar-refractivity contribution is -0.127. The Morgan fingerprint density at radius 3 is 2.88 bits per heavy atom. The number of hydrogen-bond acceptors (Lipinski definition) is 2. The van der Waals surface area contributed by atoms with E-state index in [4.69, 9.17) is 0 Å². The third-order valence-corrected chi connectivity index (χ3v) is 3.38. The lowest BCUT2D eigenvalue weighted by Crippen LogP contribution is -2.26. The van der Waals surface area contributed by atoms with Crippen LogP contribution in [0.15, 0.2) is 41.5 Å². The monoisotopic (exact) mass is 293 g/mol. The van der Waals surface area contributed by atoms with Gasteiger partial charge in [0.05, 0.1) is 0 Å². The molecule has 1 amide bonds. The van der Waals surface area contributed by atoms with Crippen molar-refractivity contribution in [2.45, 2.75) is 6.42 Å². The van der Waals surface area contributed by atoms with Gasteiger partial charge >= 0.3 is 0 Å². The fourth-order valence-corrected chi connectivity index (χ4v) is 2.37. The van der Waals surface area contributed by atoms with Gasteiger partial charge in [0.15, 0.2) is 5.78 Å². The average Bonchev–Trinajstić information content (AvgIpc) is 2.69. The predicted molar refractivity (Wildman–Crippen MR) is 68.5 cm³/mol. The van der Waals surface area contributed by atoms with E-state index in [1.54, 1.807) is 18.2 Å². The van der Waals surface area contributed by atoms with Gasteiger partial charge in [-0.25, -0.2) is 0 Å². The van der Waals surface area contributed by atoms with Crippen LogP contribution in [0, 0.1) is 5.92 Å². The molecule has 1 aromatic rings. The van der Waals surface area contributed by atoms with E-state index in [0.29, 0.717) is 18.5 Å².